The zero-order chi connectivity index (χ0) is 61.3. The number of aryl methyl sites for hydroxylation is 1. The predicted octanol–water partition coefficient (Wildman–Crippen LogP) is 17.9. The van der Waals surface area contributed by atoms with Gasteiger partial charge in [0.05, 0.1) is 31.3 Å². The van der Waals surface area contributed by atoms with Crippen molar-refractivity contribution >= 4 is 32.8 Å². The molecule has 0 bridgehead atoms. The molecule has 0 saturated heterocycles. The molecule has 0 spiro atoms. The zero-order valence-electron chi connectivity index (χ0n) is 53.5. The summed E-state index contributed by atoms with van der Waals surface area (Å²) in [4.78, 5) is 4.97. The maximum absolute atomic E-state index is 8.93. The smallest absolute Gasteiger partial charge is 0.242 e. The summed E-state index contributed by atoms with van der Waals surface area (Å²) in [6.07, 6.45) is 6.04. The number of ether oxygens (including phenoxy) is 1. The third-order valence-electron chi connectivity index (χ3n) is 14.3. The Morgan fingerprint density at radius 2 is 1.15 bits per heavy atom. The third-order valence-corrected chi connectivity index (χ3v) is 14.3. The molecular weight excluding hydrogens is 1140 g/mol. The first-order valence-corrected chi connectivity index (χ1v) is 26.1. The van der Waals surface area contributed by atoms with Crippen LogP contribution < -0.4 is 9.30 Å². The van der Waals surface area contributed by atoms with Crippen molar-refractivity contribution in [3.8, 4) is 78.6 Å². The van der Waals surface area contributed by atoms with Gasteiger partial charge in [-0.25, -0.2) is 4.98 Å². The first-order chi connectivity index (χ1) is 42.4. The molecule has 13 rings (SSSR count). The number of fused-ring (bicyclic) bond motifs is 4. The van der Waals surface area contributed by atoms with Crippen LogP contribution in [0.25, 0.3) is 100.0 Å². The van der Waals surface area contributed by atoms with Crippen LogP contribution in [-0.2, 0) is 39.4 Å². The van der Waals surface area contributed by atoms with E-state index in [-0.39, 0.29) is 44.0 Å². The van der Waals surface area contributed by atoms with Gasteiger partial charge >= 0.3 is 0 Å². The zero-order valence-corrected chi connectivity index (χ0v) is 45.8. The molecule has 6 heteroatoms. The van der Waals surface area contributed by atoms with Crippen molar-refractivity contribution in [2.45, 2.75) is 45.6 Å². The van der Waals surface area contributed by atoms with Gasteiger partial charge in [-0.2, -0.15) is 18.2 Å². The Hall–Kier alpha value is -8.89. The molecule has 3 heterocycles. The SMILES string of the molecule is [2H]c1c([2H])c([2H])c(-c2cccc(-c3c([2H])c([2H])c([2H])c([2H])c3[2H])c2CCC[n+]2[c-]n(-c3[c-]c(Oc4[c-]c5c(cc4)c4cc(-c6cc(-c7ccccc7)cc(-c7ccccc7)c6)ccc4n5-c4cc(C(C)(C)C)ccn4)ccc3)c3ccccc32)c([2H])c1[2H].[Pt]. The van der Waals surface area contributed by atoms with Crippen LogP contribution in [0, 0.1) is 18.5 Å². The van der Waals surface area contributed by atoms with Crippen LogP contribution in [0.5, 0.6) is 11.5 Å². The van der Waals surface area contributed by atoms with Crippen molar-refractivity contribution < 1.29 is 44.1 Å². The molecule has 0 atom stereocenters. The fourth-order valence-electron chi connectivity index (χ4n) is 10.5. The van der Waals surface area contributed by atoms with E-state index in [2.05, 4.69) is 147 Å². The minimum absolute atomic E-state index is 0. The minimum Gasteiger partial charge on any atom is -0.510 e. The van der Waals surface area contributed by atoms with E-state index in [1.807, 2.05) is 76.0 Å². The summed E-state index contributed by atoms with van der Waals surface area (Å²) in [5, 5.41) is 2.02. The minimum atomic E-state index is -0.537. The molecule has 3 aromatic heterocycles. The Bertz CT molecular complexity index is 4720. The van der Waals surface area contributed by atoms with E-state index in [0.29, 0.717) is 46.8 Å². The Morgan fingerprint density at radius 3 is 1.82 bits per heavy atom. The first kappa shape index (κ1) is 40.3. The van der Waals surface area contributed by atoms with Crippen molar-refractivity contribution in [2.24, 2.45) is 0 Å². The van der Waals surface area contributed by atoms with Crippen molar-refractivity contribution in [1.82, 2.24) is 14.1 Å². The summed E-state index contributed by atoms with van der Waals surface area (Å²) in [5.41, 5.74) is 12.8. The average molecular weight is 1210 g/mol. The second kappa shape index (κ2) is 21.9. The van der Waals surface area contributed by atoms with Gasteiger partial charge in [0.1, 0.15) is 5.82 Å². The quantitative estimate of drug-likeness (QED) is 0.0852. The van der Waals surface area contributed by atoms with Crippen LogP contribution in [0.4, 0.5) is 0 Å². The fraction of sp³-hybridized carbons (Fsp3) is 0.0959. The molecule has 79 heavy (non-hydrogen) atoms. The Balaban J connectivity index is 0.00000769. The molecule has 0 unspecified atom stereocenters. The van der Waals surface area contributed by atoms with Crippen LogP contribution in [0.2, 0.25) is 0 Å². The summed E-state index contributed by atoms with van der Waals surface area (Å²) < 4.78 is 99.1. The number of rotatable bonds is 13. The molecule has 0 radical (unpaired) electrons. The summed E-state index contributed by atoms with van der Waals surface area (Å²) >= 11 is 0. The third kappa shape index (κ3) is 10.3. The normalized spacial score (nSPS) is 13.3. The van der Waals surface area contributed by atoms with E-state index in [1.54, 1.807) is 18.2 Å². The van der Waals surface area contributed by atoms with Crippen LogP contribution in [0.3, 0.4) is 0 Å². The molecule has 0 saturated carbocycles. The molecule has 0 aliphatic heterocycles. The first-order valence-electron chi connectivity index (χ1n) is 31.1. The Labute approximate surface area is 491 Å². The fourth-order valence-corrected chi connectivity index (χ4v) is 10.5. The molecule has 10 aromatic carbocycles. The van der Waals surface area contributed by atoms with Crippen molar-refractivity contribution in [1.29, 1.82) is 0 Å². The van der Waals surface area contributed by atoms with Gasteiger partial charge in [-0.1, -0.05) is 208 Å². The number of nitrogens with zero attached hydrogens (tertiary/aromatic N) is 4. The van der Waals surface area contributed by atoms with E-state index in [0.717, 1.165) is 77.6 Å². The number of benzene rings is 10. The molecule has 0 fully saturated rings. The van der Waals surface area contributed by atoms with Crippen LogP contribution in [0.15, 0.2) is 249 Å². The number of aromatic nitrogens is 4. The number of imidazole rings is 1. The van der Waals surface area contributed by atoms with E-state index in [1.165, 1.54) is 0 Å². The summed E-state index contributed by atoms with van der Waals surface area (Å²) in [6.45, 7) is 6.97. The molecular formula is C73H56N4OPt-2. The topological polar surface area (TPSA) is 35.9 Å². The maximum Gasteiger partial charge on any atom is 0.242 e. The Morgan fingerprint density at radius 1 is 0.532 bits per heavy atom. The molecule has 0 aliphatic carbocycles. The number of pyridine rings is 1. The summed E-state index contributed by atoms with van der Waals surface area (Å²) in [7, 11) is 0. The van der Waals surface area contributed by atoms with Gasteiger partial charge < -0.3 is 18.4 Å². The monoisotopic (exact) mass is 1210 g/mol. The molecule has 0 aliphatic rings. The van der Waals surface area contributed by atoms with Gasteiger partial charge in [-0.15, -0.1) is 29.7 Å². The average Bonchev–Trinajstić information content (AvgIpc) is 1.82. The van der Waals surface area contributed by atoms with Crippen LogP contribution >= 0.6 is 0 Å². The Kier molecular flexibility index (Phi) is 11.2. The van der Waals surface area contributed by atoms with Crippen LogP contribution in [0.1, 0.15) is 52.0 Å². The number of hydrogen-bond donors (Lipinski definition) is 0. The molecule has 13 aromatic rings. The summed E-state index contributed by atoms with van der Waals surface area (Å²) in [5.74, 6) is 1.68. The van der Waals surface area contributed by atoms with Gasteiger partial charge in [0.15, 0.2) is 0 Å². The number of para-hydroxylation sites is 2. The van der Waals surface area contributed by atoms with Gasteiger partial charge in [-0.3, -0.25) is 0 Å². The summed E-state index contributed by atoms with van der Waals surface area (Å²) in [6, 6.07) is 63.5. The van der Waals surface area contributed by atoms with Crippen molar-refractivity contribution in [2.75, 3.05) is 0 Å². The van der Waals surface area contributed by atoms with Crippen molar-refractivity contribution in [3.05, 3.63) is 278 Å². The van der Waals surface area contributed by atoms with E-state index < -0.39 is 60.4 Å². The second-order valence-electron chi connectivity index (χ2n) is 20.3. The molecule has 386 valence electrons. The van der Waals surface area contributed by atoms with E-state index in [9.17, 15) is 0 Å². The predicted molar refractivity (Wildman–Crippen MR) is 319 cm³/mol. The van der Waals surface area contributed by atoms with Crippen molar-refractivity contribution in [3.63, 3.8) is 0 Å². The van der Waals surface area contributed by atoms with Gasteiger partial charge in [0, 0.05) is 44.3 Å². The maximum atomic E-state index is 8.93. The molecule has 0 amide bonds. The second-order valence-corrected chi connectivity index (χ2v) is 20.3. The van der Waals surface area contributed by atoms with Gasteiger partial charge in [0.25, 0.3) is 0 Å². The van der Waals surface area contributed by atoms with Crippen LogP contribution in [-0.4, -0.2) is 14.1 Å². The molecule has 5 nitrogen and oxygen atoms in total. The number of hydrogen-bond acceptors (Lipinski definition) is 2. The van der Waals surface area contributed by atoms with E-state index in [4.69, 9.17) is 23.4 Å². The largest absolute Gasteiger partial charge is 0.510 e. The van der Waals surface area contributed by atoms with Gasteiger partial charge in [-0.05, 0) is 127 Å². The van der Waals surface area contributed by atoms with E-state index >= 15 is 0 Å². The van der Waals surface area contributed by atoms with Gasteiger partial charge in [0.2, 0.25) is 6.33 Å². The standard InChI is InChI=1S/C73H56N4O.Pt/c1-73(2,3)59-40-41-74-72(47-59)77-68-39-36-55(58-44-56(51-21-8-4-9-22-51)43-57(45-58)52-23-10-5-11-24-52)46-67(68)66-38-37-62(49-71(66)77)78-61-30-18-29-60(48-61)76-50-75(69-34-16-17-35-70(69)76)42-20-33-65-63(53-25-12-6-13-26-53)31-19-32-64(65)54-27-14-7-15-28-54;/h4-19,21-32,34-41,43-47H,20,33,42H2,1-3H3;/q-2;/i6D,7D,12D,13D,14D,15D,25D,26D,27D,28D;. The molecule has 0 N–H and O–H groups in total.